The van der Waals surface area contributed by atoms with Crippen LogP contribution in [0.2, 0.25) is 0 Å². The third-order valence-electron chi connectivity index (χ3n) is 7.27. The summed E-state index contributed by atoms with van der Waals surface area (Å²) in [5.74, 6) is -12.7. The van der Waals surface area contributed by atoms with E-state index in [-0.39, 0.29) is 0 Å². The van der Waals surface area contributed by atoms with Crippen LogP contribution in [0.3, 0.4) is 0 Å². The molecule has 0 saturated heterocycles. The summed E-state index contributed by atoms with van der Waals surface area (Å²) < 4.78 is 8.99. The van der Waals surface area contributed by atoms with Crippen LogP contribution in [-0.4, -0.2) is 159 Å². The van der Waals surface area contributed by atoms with Crippen molar-refractivity contribution >= 4 is 58.7 Å². The van der Waals surface area contributed by atoms with E-state index >= 15 is 0 Å². The Kier molecular flexibility index (Phi) is 16.2. The predicted molar refractivity (Wildman–Crippen MR) is 151 cm³/mol. The highest BCUT2D eigenvalue weighted by atomic mass is 16.6. The predicted octanol–water partition coefficient (Wildman–Crippen LogP) is -5.86. The van der Waals surface area contributed by atoms with Crippen LogP contribution < -0.4 is 0 Å². The third-order valence-corrected chi connectivity index (χ3v) is 7.27. The monoisotopic (exact) mass is 696 g/mol. The molecule has 0 heterocycles. The number of aliphatic hydroxyl groups is 8. The molecule has 0 fully saturated rings. The minimum Gasteiger partial charge on any atom is -0.463 e. The molecule has 0 spiro atoms. The smallest absolute Gasteiger partial charge is 0.304 e. The zero-order valence-corrected chi connectivity index (χ0v) is 27.2. The Bertz CT molecular complexity index is 1340. The molecule has 0 unspecified atom stereocenters. The number of hydrogen-bond donors (Lipinski definition) is 8. The number of carbonyl (C=O) groups excluding carboxylic acids is 10. The molecule has 0 rings (SSSR count). The van der Waals surface area contributed by atoms with Gasteiger partial charge < -0.3 is 50.3 Å². The lowest BCUT2D eigenvalue weighted by atomic mass is 9.63. The number of hydrogen-bond acceptors (Lipinski definition) is 20. The van der Waals surface area contributed by atoms with Gasteiger partial charge in [0.05, 0.1) is 6.61 Å². The van der Waals surface area contributed by atoms with Gasteiger partial charge in [-0.05, 0) is 34.6 Å². The number of ketones is 7. The van der Waals surface area contributed by atoms with Gasteiger partial charge in [0.1, 0.15) is 24.9 Å². The minimum absolute atomic E-state index is 0.525. The van der Waals surface area contributed by atoms with Crippen LogP contribution in [-0.2, 0) is 57.4 Å². The van der Waals surface area contributed by atoms with Gasteiger partial charge in [0.15, 0.2) is 46.6 Å². The average Bonchev–Trinajstić information content (AvgIpc) is 2.98. The van der Waals surface area contributed by atoms with Crippen LogP contribution in [0.15, 0.2) is 0 Å². The van der Waals surface area contributed by atoms with Gasteiger partial charge in [0, 0.05) is 20.8 Å². The summed E-state index contributed by atoms with van der Waals surface area (Å²) in [5.41, 5.74) is -17.7. The fraction of sp³-hybridized carbons (Fsp3) is 0.643. The van der Waals surface area contributed by atoms with Crippen LogP contribution in [0.4, 0.5) is 0 Å². The van der Waals surface area contributed by atoms with Gasteiger partial charge in [-0.1, -0.05) is 0 Å². The molecule has 0 saturated carbocycles. The van der Waals surface area contributed by atoms with Gasteiger partial charge in [-0.15, -0.1) is 0 Å². The summed E-state index contributed by atoms with van der Waals surface area (Å²) in [6, 6.07) is 0. The van der Waals surface area contributed by atoms with Crippen molar-refractivity contribution in [1.29, 1.82) is 0 Å². The topological polar surface area (TPSA) is 351 Å². The summed E-state index contributed by atoms with van der Waals surface area (Å²) in [4.78, 5) is 117. The van der Waals surface area contributed by atoms with E-state index in [4.69, 9.17) is 5.11 Å². The number of ether oxygens (including phenoxy) is 2. The summed E-state index contributed by atoms with van der Waals surface area (Å²) in [5, 5.41) is 80.5. The Morgan fingerprint density at radius 2 is 1.08 bits per heavy atom. The number of rotatable bonds is 18. The van der Waals surface area contributed by atoms with E-state index < -0.39 is 118 Å². The molecule has 0 aliphatic heterocycles. The quantitative estimate of drug-likeness (QED) is 0.0286. The molecule has 20 heteroatoms. The van der Waals surface area contributed by atoms with Crippen molar-refractivity contribution in [2.24, 2.45) is 0 Å². The van der Waals surface area contributed by atoms with Crippen LogP contribution in [0.25, 0.3) is 0 Å². The first kappa shape index (κ1) is 46.1. The fourth-order valence-electron chi connectivity index (χ4n) is 4.60. The van der Waals surface area contributed by atoms with Crippen molar-refractivity contribution in [3.05, 3.63) is 0 Å². The number of aliphatic hydroxyl groups excluding tert-OH is 4. The molecule has 0 bridgehead atoms. The standard InChI is InChI=1S/2C14H20O10/c1-7(16)12(21,6-15)14(23,9(3)18)13(22,8(2)17)11(20)5-24-10(4)19;1-6(16)11(21)14(8(3)18,24-9(4)19)13(23,7(2)17)12(22)10(20)5-15/h6,11,20-23H,5H2,1-4H3;10,12,15,20,22-23H,5H2,1-4H3/t11-,12+,13-,14-;10-,12-,13+,14-/m11/s1. The Morgan fingerprint density at radius 3 is 1.33 bits per heavy atom. The SMILES string of the molecule is CC(=O)OC[C@@H](O)[C@](O)(C(C)=O)[C@@](O)(C(C)=O)[C@](O)(C=O)C(C)=O.CC(=O)O[C@](C(C)=O)(C(=O)C(C)=O)[C@](O)(C(C)=O)[C@H](O)[C@H](O)CO. The maximum Gasteiger partial charge on any atom is 0.304 e. The van der Waals surface area contributed by atoms with E-state index in [0.29, 0.717) is 41.5 Å². The van der Waals surface area contributed by atoms with Crippen LogP contribution in [0.1, 0.15) is 55.4 Å². The van der Waals surface area contributed by atoms with Crippen molar-refractivity contribution in [1.82, 2.24) is 0 Å². The maximum absolute atomic E-state index is 12.3. The zero-order chi connectivity index (χ0) is 39.0. The van der Waals surface area contributed by atoms with Crippen LogP contribution in [0, 0.1) is 0 Å². The number of Topliss-reactive ketones (excluding diaryl/α,β-unsaturated/α-hetero) is 7. The Morgan fingerprint density at radius 1 is 0.646 bits per heavy atom. The highest BCUT2D eigenvalue weighted by Gasteiger charge is 2.72. The number of esters is 2. The van der Waals surface area contributed by atoms with E-state index in [0.717, 1.165) is 13.8 Å². The van der Waals surface area contributed by atoms with Crippen LogP contribution in [0.5, 0.6) is 0 Å². The first-order valence-electron chi connectivity index (χ1n) is 13.5. The van der Waals surface area contributed by atoms with Crippen molar-refractivity contribution in [3.8, 4) is 0 Å². The first-order chi connectivity index (χ1) is 21.5. The van der Waals surface area contributed by atoms with Gasteiger partial charge in [-0.3, -0.25) is 47.9 Å². The van der Waals surface area contributed by atoms with E-state index in [1.54, 1.807) is 0 Å². The van der Waals surface area contributed by atoms with Crippen molar-refractivity contribution in [2.75, 3.05) is 13.2 Å². The minimum atomic E-state index is -3.72. The molecule has 8 atom stereocenters. The largest absolute Gasteiger partial charge is 0.463 e. The highest BCUT2D eigenvalue weighted by Crippen LogP contribution is 2.38. The van der Waals surface area contributed by atoms with Gasteiger partial charge in [-0.25, -0.2) is 0 Å². The lowest BCUT2D eigenvalue weighted by molar-refractivity contribution is -0.244. The molecular weight excluding hydrogens is 656 g/mol. The van der Waals surface area contributed by atoms with Gasteiger partial charge in [0.2, 0.25) is 16.8 Å². The second-order valence-electron chi connectivity index (χ2n) is 10.6. The Hall–Kier alpha value is -4.02. The van der Waals surface area contributed by atoms with Crippen molar-refractivity contribution < 1.29 is 98.3 Å². The molecule has 0 aromatic rings. The molecular formula is C28H40O20. The molecule has 272 valence electrons. The number of carbonyl (C=O) groups is 10. The lowest BCUT2D eigenvalue weighted by Gasteiger charge is -2.47. The normalized spacial score (nSPS) is 19.2. The molecule has 0 amide bonds. The Labute approximate surface area is 272 Å². The molecule has 0 aromatic heterocycles. The Balaban J connectivity index is 0. The molecule has 48 heavy (non-hydrogen) atoms. The van der Waals surface area contributed by atoms with Crippen LogP contribution >= 0.6 is 0 Å². The lowest BCUT2D eigenvalue weighted by Crippen LogP contribution is -2.80. The summed E-state index contributed by atoms with van der Waals surface area (Å²) in [6.45, 7) is 3.28. The van der Waals surface area contributed by atoms with Crippen molar-refractivity contribution in [2.45, 2.75) is 102 Å². The van der Waals surface area contributed by atoms with Gasteiger partial charge >= 0.3 is 11.9 Å². The fourth-order valence-corrected chi connectivity index (χ4v) is 4.60. The zero-order valence-electron chi connectivity index (χ0n) is 27.2. The second-order valence-corrected chi connectivity index (χ2v) is 10.6. The van der Waals surface area contributed by atoms with E-state index in [1.807, 2.05) is 0 Å². The third kappa shape index (κ3) is 7.98. The second kappa shape index (κ2) is 16.9. The average molecular weight is 697 g/mol. The molecule has 0 aliphatic rings. The maximum atomic E-state index is 12.3. The molecule has 0 aromatic carbocycles. The molecule has 0 radical (unpaired) electrons. The summed E-state index contributed by atoms with van der Waals surface area (Å²) in [6.07, 6.45) is -7.76. The van der Waals surface area contributed by atoms with Gasteiger partial charge in [0.25, 0.3) is 11.4 Å². The summed E-state index contributed by atoms with van der Waals surface area (Å²) in [7, 11) is 0. The summed E-state index contributed by atoms with van der Waals surface area (Å²) >= 11 is 0. The van der Waals surface area contributed by atoms with E-state index in [1.165, 1.54) is 0 Å². The van der Waals surface area contributed by atoms with Crippen molar-refractivity contribution in [3.63, 3.8) is 0 Å². The first-order valence-corrected chi connectivity index (χ1v) is 13.5. The van der Waals surface area contributed by atoms with Gasteiger partial charge in [-0.2, -0.15) is 0 Å². The van der Waals surface area contributed by atoms with E-state index in [9.17, 15) is 83.7 Å². The molecule has 0 aliphatic carbocycles. The number of aldehydes is 1. The molecule has 8 N–H and O–H groups in total. The molecule has 20 nitrogen and oxygen atoms in total. The van der Waals surface area contributed by atoms with E-state index in [2.05, 4.69) is 9.47 Å². The highest BCUT2D eigenvalue weighted by molar-refractivity contribution is 6.45.